The highest BCUT2D eigenvalue weighted by Crippen LogP contribution is 2.29. The van der Waals surface area contributed by atoms with Crippen molar-refractivity contribution in [3.63, 3.8) is 0 Å². The summed E-state index contributed by atoms with van der Waals surface area (Å²) in [6, 6.07) is 12.1. The highest BCUT2D eigenvalue weighted by molar-refractivity contribution is 7.86. The molecule has 22 heavy (non-hydrogen) atoms. The molecule has 0 spiro atoms. The highest BCUT2D eigenvalue weighted by Gasteiger charge is 2.27. The van der Waals surface area contributed by atoms with E-state index in [1.807, 2.05) is 19.1 Å². The van der Waals surface area contributed by atoms with Crippen molar-refractivity contribution in [2.24, 2.45) is 0 Å². The number of hydrogen-bond acceptors (Lipinski definition) is 5. The molecule has 0 fully saturated rings. The summed E-state index contributed by atoms with van der Waals surface area (Å²) < 4.78 is 30.2. The van der Waals surface area contributed by atoms with Crippen molar-refractivity contribution in [1.82, 2.24) is 5.32 Å². The first-order chi connectivity index (χ1) is 10.5. The summed E-state index contributed by atoms with van der Waals surface area (Å²) in [5.41, 5.74) is 9.22. The molecule has 1 unspecified atom stereocenters. The van der Waals surface area contributed by atoms with Crippen LogP contribution in [0.5, 0.6) is 0 Å². The van der Waals surface area contributed by atoms with E-state index in [1.54, 1.807) is 30.3 Å². The zero-order chi connectivity index (χ0) is 15.7. The van der Waals surface area contributed by atoms with Gasteiger partial charge in [-0.3, -0.25) is 5.32 Å². The van der Waals surface area contributed by atoms with Crippen LogP contribution in [0.15, 0.2) is 47.4 Å². The Morgan fingerprint density at radius 3 is 2.64 bits per heavy atom. The van der Waals surface area contributed by atoms with E-state index in [0.29, 0.717) is 12.2 Å². The number of fused-ring (bicyclic) bond motifs is 1. The van der Waals surface area contributed by atoms with E-state index in [0.717, 1.165) is 23.1 Å². The van der Waals surface area contributed by atoms with Gasteiger partial charge in [0.05, 0.1) is 4.90 Å². The Bertz CT molecular complexity index is 786. The Kier molecular flexibility index (Phi) is 3.90. The van der Waals surface area contributed by atoms with Crippen LogP contribution in [0.4, 0.5) is 5.69 Å². The first-order valence-electron chi connectivity index (χ1n) is 7.07. The van der Waals surface area contributed by atoms with Gasteiger partial charge in [-0.25, -0.2) is 4.18 Å². The maximum Gasteiger partial charge on any atom is 0.298 e. The quantitative estimate of drug-likeness (QED) is 0.669. The second kappa shape index (κ2) is 5.72. The molecular weight excluding hydrogens is 300 g/mol. The van der Waals surface area contributed by atoms with Crippen LogP contribution < -0.4 is 11.1 Å². The molecule has 0 radical (unpaired) electrons. The van der Waals surface area contributed by atoms with Gasteiger partial charge in [0.25, 0.3) is 10.1 Å². The molecule has 1 aliphatic rings. The van der Waals surface area contributed by atoms with Gasteiger partial charge in [-0.1, -0.05) is 23.8 Å². The maximum absolute atomic E-state index is 12.4. The molecule has 6 heteroatoms. The molecule has 1 heterocycles. The standard InChI is InChI=1S/C16H18N2O3S/c1-11-2-6-14(7-3-11)22(19,20)21-16-15-10-13(17)5-4-12(15)8-9-18-16/h2-7,10,16,18H,8-9,17H2,1H3. The second-order valence-corrected chi connectivity index (χ2v) is 6.98. The van der Waals surface area contributed by atoms with Gasteiger partial charge in [0.15, 0.2) is 6.23 Å². The van der Waals surface area contributed by atoms with Crippen molar-refractivity contribution >= 4 is 15.8 Å². The number of benzene rings is 2. The molecule has 0 aromatic heterocycles. The summed E-state index contributed by atoms with van der Waals surface area (Å²) in [7, 11) is -3.84. The normalized spacial score (nSPS) is 18.0. The van der Waals surface area contributed by atoms with E-state index < -0.39 is 16.3 Å². The van der Waals surface area contributed by atoms with E-state index in [1.165, 1.54) is 0 Å². The highest BCUT2D eigenvalue weighted by atomic mass is 32.2. The molecule has 2 aromatic carbocycles. The zero-order valence-corrected chi connectivity index (χ0v) is 13.1. The summed E-state index contributed by atoms with van der Waals surface area (Å²) in [6.07, 6.45) is 0.110. The molecule has 3 N–H and O–H groups in total. The molecule has 116 valence electrons. The second-order valence-electron chi connectivity index (χ2n) is 5.41. The minimum atomic E-state index is -3.84. The Balaban J connectivity index is 1.91. The molecule has 1 aliphatic heterocycles. The fourth-order valence-corrected chi connectivity index (χ4v) is 3.51. The lowest BCUT2D eigenvalue weighted by atomic mass is 9.99. The lowest BCUT2D eigenvalue weighted by molar-refractivity contribution is 0.167. The number of anilines is 1. The van der Waals surface area contributed by atoms with E-state index in [2.05, 4.69) is 5.32 Å². The van der Waals surface area contributed by atoms with Crippen LogP contribution in [0.3, 0.4) is 0 Å². The summed E-state index contributed by atoms with van der Waals surface area (Å²) in [6.45, 7) is 2.56. The minimum absolute atomic E-state index is 0.149. The lowest BCUT2D eigenvalue weighted by Gasteiger charge is -2.26. The number of nitrogens with one attached hydrogen (secondary N) is 1. The zero-order valence-electron chi connectivity index (χ0n) is 12.2. The Labute approximate surface area is 130 Å². The molecule has 3 rings (SSSR count). The summed E-state index contributed by atoms with van der Waals surface area (Å²) in [5, 5.41) is 3.08. The van der Waals surface area contributed by atoms with Crippen LogP contribution >= 0.6 is 0 Å². The number of nitrogens with two attached hydrogens (primary N) is 1. The third kappa shape index (κ3) is 2.99. The Hall–Kier alpha value is -1.89. The molecule has 0 saturated heterocycles. The van der Waals surface area contributed by atoms with Crippen molar-refractivity contribution in [2.45, 2.75) is 24.5 Å². The minimum Gasteiger partial charge on any atom is -0.399 e. The first-order valence-corrected chi connectivity index (χ1v) is 8.48. The van der Waals surface area contributed by atoms with Crippen molar-refractivity contribution in [1.29, 1.82) is 0 Å². The topological polar surface area (TPSA) is 81.4 Å². The van der Waals surface area contributed by atoms with Crippen LogP contribution in [-0.2, 0) is 20.7 Å². The summed E-state index contributed by atoms with van der Waals surface area (Å²) >= 11 is 0. The van der Waals surface area contributed by atoms with Crippen molar-refractivity contribution < 1.29 is 12.6 Å². The predicted molar refractivity (Wildman–Crippen MR) is 84.8 cm³/mol. The van der Waals surface area contributed by atoms with Gasteiger partial charge in [-0.2, -0.15) is 8.42 Å². The summed E-state index contributed by atoms with van der Waals surface area (Å²) in [4.78, 5) is 0.149. The predicted octanol–water partition coefficient (Wildman–Crippen LogP) is 2.13. The number of nitrogen functional groups attached to an aromatic ring is 1. The molecule has 0 saturated carbocycles. The number of aryl methyl sites for hydroxylation is 1. The maximum atomic E-state index is 12.4. The molecule has 0 aliphatic carbocycles. The van der Waals surface area contributed by atoms with Crippen LogP contribution in [0, 0.1) is 6.92 Å². The van der Waals surface area contributed by atoms with Gasteiger partial charge in [0, 0.05) is 17.8 Å². The van der Waals surface area contributed by atoms with Gasteiger partial charge < -0.3 is 5.73 Å². The molecular formula is C16H18N2O3S. The Morgan fingerprint density at radius 2 is 1.91 bits per heavy atom. The molecule has 1 atom stereocenters. The van der Waals surface area contributed by atoms with Crippen molar-refractivity contribution in [2.75, 3.05) is 12.3 Å². The largest absolute Gasteiger partial charge is 0.399 e. The third-order valence-corrected chi connectivity index (χ3v) is 5.00. The van der Waals surface area contributed by atoms with Crippen molar-refractivity contribution in [3.05, 3.63) is 59.2 Å². The van der Waals surface area contributed by atoms with E-state index in [9.17, 15) is 8.42 Å². The SMILES string of the molecule is Cc1ccc(S(=O)(=O)OC2NCCc3ccc(N)cc32)cc1. The average molecular weight is 318 g/mol. The Morgan fingerprint density at radius 1 is 1.18 bits per heavy atom. The fraction of sp³-hybridized carbons (Fsp3) is 0.250. The van der Waals surface area contributed by atoms with Crippen LogP contribution in [0.25, 0.3) is 0 Å². The lowest BCUT2D eigenvalue weighted by Crippen LogP contribution is -2.33. The number of rotatable bonds is 3. The van der Waals surface area contributed by atoms with Gasteiger partial charge in [0.2, 0.25) is 0 Å². The van der Waals surface area contributed by atoms with Gasteiger partial charge in [0.1, 0.15) is 0 Å². The molecule has 0 amide bonds. The fourth-order valence-electron chi connectivity index (χ4n) is 2.51. The monoisotopic (exact) mass is 318 g/mol. The van der Waals surface area contributed by atoms with E-state index >= 15 is 0 Å². The average Bonchev–Trinajstić information content (AvgIpc) is 2.48. The molecule has 5 nitrogen and oxygen atoms in total. The van der Waals surface area contributed by atoms with E-state index in [4.69, 9.17) is 9.92 Å². The van der Waals surface area contributed by atoms with Gasteiger partial charge in [-0.15, -0.1) is 0 Å². The molecule has 2 aromatic rings. The van der Waals surface area contributed by atoms with Gasteiger partial charge >= 0.3 is 0 Å². The molecule has 0 bridgehead atoms. The number of hydrogen-bond donors (Lipinski definition) is 2. The van der Waals surface area contributed by atoms with Gasteiger partial charge in [-0.05, 0) is 43.2 Å². The smallest absolute Gasteiger partial charge is 0.298 e. The van der Waals surface area contributed by atoms with Crippen LogP contribution in [0.1, 0.15) is 22.9 Å². The first kappa shape index (κ1) is 15.0. The van der Waals surface area contributed by atoms with Crippen molar-refractivity contribution in [3.8, 4) is 0 Å². The van der Waals surface area contributed by atoms with Crippen LogP contribution in [0.2, 0.25) is 0 Å². The van der Waals surface area contributed by atoms with E-state index in [-0.39, 0.29) is 4.90 Å². The third-order valence-electron chi connectivity index (χ3n) is 3.71. The van der Waals surface area contributed by atoms with Crippen LogP contribution in [-0.4, -0.2) is 15.0 Å². The summed E-state index contributed by atoms with van der Waals surface area (Å²) in [5.74, 6) is 0.